The number of carboxylic acid groups (broad SMARTS) is 1. The topological polar surface area (TPSA) is 104 Å². The highest BCUT2D eigenvalue weighted by Gasteiger charge is 2.20. The maximum absolute atomic E-state index is 12.5. The van der Waals surface area contributed by atoms with E-state index in [1.165, 1.54) is 11.1 Å². The van der Waals surface area contributed by atoms with Crippen LogP contribution in [0.3, 0.4) is 0 Å². The van der Waals surface area contributed by atoms with E-state index in [1.807, 2.05) is 22.9 Å². The molecule has 0 bridgehead atoms. The summed E-state index contributed by atoms with van der Waals surface area (Å²) in [6.07, 6.45) is 0.503. The van der Waals surface area contributed by atoms with Gasteiger partial charge in [0.05, 0.1) is 22.6 Å². The Hall–Kier alpha value is -4.23. The quantitative estimate of drug-likeness (QED) is 0.212. The number of aliphatic hydroxyl groups is 1. The number of carbonyl (C=O) groups is 2. The lowest BCUT2D eigenvalue weighted by Gasteiger charge is -2.22. The Bertz CT molecular complexity index is 1490. The SMILES string of the molecule is CC(C)c1cc(-c2cc(-c3ccc(C(=O)O)cc3)nn2-c2ccc(C(=O)NCCCO)cc2)cc(C(C)(C)C)c1. The Morgan fingerprint density at radius 3 is 2.12 bits per heavy atom. The van der Waals surface area contributed by atoms with Gasteiger partial charge < -0.3 is 15.5 Å². The molecular formula is C33H37N3O4. The molecule has 0 aliphatic carbocycles. The molecule has 1 amide bonds. The number of hydrogen-bond acceptors (Lipinski definition) is 4. The molecule has 0 atom stereocenters. The molecule has 40 heavy (non-hydrogen) atoms. The predicted octanol–water partition coefficient (Wildman–Crippen LogP) is 6.44. The summed E-state index contributed by atoms with van der Waals surface area (Å²) in [7, 11) is 0. The fourth-order valence-electron chi connectivity index (χ4n) is 4.41. The van der Waals surface area contributed by atoms with Crippen molar-refractivity contribution in [2.24, 2.45) is 0 Å². The van der Waals surface area contributed by atoms with Crippen molar-refractivity contribution in [1.82, 2.24) is 15.1 Å². The smallest absolute Gasteiger partial charge is 0.335 e. The molecule has 208 valence electrons. The Morgan fingerprint density at radius 1 is 0.900 bits per heavy atom. The molecule has 3 aromatic carbocycles. The van der Waals surface area contributed by atoms with Crippen LogP contribution in [-0.4, -0.2) is 45.0 Å². The summed E-state index contributed by atoms with van der Waals surface area (Å²) < 4.78 is 1.87. The normalized spacial score (nSPS) is 11.6. The second kappa shape index (κ2) is 11.9. The van der Waals surface area contributed by atoms with Crippen LogP contribution in [0.4, 0.5) is 0 Å². The second-order valence-electron chi connectivity index (χ2n) is 11.3. The van der Waals surface area contributed by atoms with Gasteiger partial charge in [0.2, 0.25) is 0 Å². The van der Waals surface area contributed by atoms with E-state index < -0.39 is 5.97 Å². The number of aromatic nitrogens is 2. The van der Waals surface area contributed by atoms with Crippen LogP contribution in [0.15, 0.2) is 72.8 Å². The molecule has 0 saturated heterocycles. The highest BCUT2D eigenvalue weighted by Crippen LogP contribution is 2.35. The minimum absolute atomic E-state index is 0.0254. The molecule has 1 heterocycles. The summed E-state index contributed by atoms with van der Waals surface area (Å²) in [5.41, 5.74) is 7.39. The zero-order valence-corrected chi connectivity index (χ0v) is 23.7. The van der Waals surface area contributed by atoms with E-state index in [0.29, 0.717) is 30.1 Å². The molecular weight excluding hydrogens is 502 g/mol. The molecule has 0 radical (unpaired) electrons. The molecule has 7 heteroatoms. The van der Waals surface area contributed by atoms with E-state index in [9.17, 15) is 14.7 Å². The summed E-state index contributed by atoms with van der Waals surface area (Å²) in [6, 6.07) is 22.7. The van der Waals surface area contributed by atoms with Crippen molar-refractivity contribution in [3.8, 4) is 28.2 Å². The Balaban J connectivity index is 1.84. The predicted molar refractivity (Wildman–Crippen MR) is 158 cm³/mol. The van der Waals surface area contributed by atoms with E-state index in [-0.39, 0.29) is 23.5 Å². The summed E-state index contributed by atoms with van der Waals surface area (Å²) in [5, 5.41) is 26.0. The Labute approximate surface area is 235 Å². The van der Waals surface area contributed by atoms with Crippen LogP contribution >= 0.6 is 0 Å². The van der Waals surface area contributed by atoms with E-state index in [1.54, 1.807) is 36.4 Å². The molecule has 0 aliphatic rings. The number of nitrogens with one attached hydrogen (secondary N) is 1. The number of rotatable bonds is 9. The van der Waals surface area contributed by atoms with Gasteiger partial charge in [-0.05, 0) is 83.5 Å². The van der Waals surface area contributed by atoms with Gasteiger partial charge in [-0.2, -0.15) is 5.10 Å². The first-order valence-corrected chi connectivity index (χ1v) is 13.6. The fourth-order valence-corrected chi connectivity index (χ4v) is 4.41. The van der Waals surface area contributed by atoms with Gasteiger partial charge in [0.1, 0.15) is 0 Å². The first kappa shape index (κ1) is 28.8. The lowest BCUT2D eigenvalue weighted by Crippen LogP contribution is -2.24. The monoisotopic (exact) mass is 539 g/mol. The minimum atomic E-state index is -0.974. The van der Waals surface area contributed by atoms with Crippen LogP contribution in [0, 0.1) is 0 Å². The Morgan fingerprint density at radius 2 is 1.55 bits per heavy atom. The van der Waals surface area contributed by atoms with Crippen LogP contribution in [0.25, 0.3) is 28.2 Å². The van der Waals surface area contributed by atoms with Gasteiger partial charge in [-0.25, -0.2) is 9.48 Å². The summed E-state index contributed by atoms with van der Waals surface area (Å²) in [5.74, 6) is -0.832. The third kappa shape index (κ3) is 6.49. The lowest BCUT2D eigenvalue weighted by atomic mass is 9.83. The van der Waals surface area contributed by atoms with Crippen LogP contribution < -0.4 is 5.32 Å². The largest absolute Gasteiger partial charge is 0.478 e. The molecule has 3 N–H and O–H groups in total. The van der Waals surface area contributed by atoms with E-state index in [2.05, 4.69) is 58.1 Å². The highest BCUT2D eigenvalue weighted by atomic mass is 16.4. The number of aromatic carboxylic acids is 1. The highest BCUT2D eigenvalue weighted by molar-refractivity contribution is 5.94. The summed E-state index contributed by atoms with van der Waals surface area (Å²) in [6.45, 7) is 11.4. The average Bonchev–Trinajstić information content (AvgIpc) is 3.38. The zero-order valence-electron chi connectivity index (χ0n) is 23.7. The third-order valence-electron chi connectivity index (χ3n) is 6.92. The van der Waals surface area contributed by atoms with Gasteiger partial charge in [0, 0.05) is 29.8 Å². The Kier molecular flexibility index (Phi) is 8.55. The second-order valence-corrected chi connectivity index (χ2v) is 11.3. The number of amides is 1. The van der Waals surface area contributed by atoms with E-state index in [4.69, 9.17) is 10.2 Å². The molecule has 0 spiro atoms. The van der Waals surface area contributed by atoms with Gasteiger partial charge in [-0.15, -0.1) is 0 Å². The number of benzene rings is 3. The first-order chi connectivity index (χ1) is 19.0. The summed E-state index contributed by atoms with van der Waals surface area (Å²) in [4.78, 5) is 23.9. The molecule has 4 rings (SSSR count). The average molecular weight is 540 g/mol. The first-order valence-electron chi connectivity index (χ1n) is 13.6. The number of aliphatic hydroxyl groups excluding tert-OH is 1. The van der Waals surface area contributed by atoms with Crippen molar-refractivity contribution in [3.63, 3.8) is 0 Å². The summed E-state index contributed by atoms with van der Waals surface area (Å²) >= 11 is 0. The molecule has 0 fully saturated rings. The lowest BCUT2D eigenvalue weighted by molar-refractivity contribution is 0.0696. The van der Waals surface area contributed by atoms with Crippen LogP contribution in [-0.2, 0) is 5.41 Å². The molecule has 0 saturated carbocycles. The van der Waals surface area contributed by atoms with Crippen molar-refractivity contribution < 1.29 is 19.8 Å². The van der Waals surface area contributed by atoms with Crippen molar-refractivity contribution in [3.05, 3.63) is 95.1 Å². The number of nitrogens with zero attached hydrogens (tertiary/aromatic N) is 2. The third-order valence-corrected chi connectivity index (χ3v) is 6.92. The van der Waals surface area contributed by atoms with Crippen LogP contribution in [0.1, 0.15) is 78.8 Å². The van der Waals surface area contributed by atoms with Gasteiger partial charge in [-0.3, -0.25) is 4.79 Å². The molecule has 0 unspecified atom stereocenters. The standard InChI is InChI=1S/C33H37N3O4/c1-21(2)25-17-26(19-27(18-25)33(3,4)5)30-20-29(22-7-9-24(10-8-22)32(39)40)35-36(30)28-13-11-23(12-14-28)31(38)34-15-6-16-37/h7-14,17-21,37H,6,15-16H2,1-5H3,(H,34,38)(H,39,40). The van der Waals surface area contributed by atoms with E-state index >= 15 is 0 Å². The molecule has 0 aliphatic heterocycles. The van der Waals surface area contributed by atoms with Crippen molar-refractivity contribution >= 4 is 11.9 Å². The maximum Gasteiger partial charge on any atom is 0.335 e. The number of hydrogen-bond donors (Lipinski definition) is 3. The van der Waals surface area contributed by atoms with Crippen molar-refractivity contribution in [2.45, 2.75) is 52.4 Å². The fraction of sp³-hybridized carbons (Fsp3) is 0.303. The van der Waals surface area contributed by atoms with Gasteiger partial charge >= 0.3 is 5.97 Å². The van der Waals surface area contributed by atoms with Crippen LogP contribution in [0.5, 0.6) is 0 Å². The van der Waals surface area contributed by atoms with Gasteiger partial charge in [0.25, 0.3) is 5.91 Å². The van der Waals surface area contributed by atoms with Crippen molar-refractivity contribution in [2.75, 3.05) is 13.2 Å². The molecule has 1 aromatic heterocycles. The van der Waals surface area contributed by atoms with Crippen LogP contribution in [0.2, 0.25) is 0 Å². The zero-order chi connectivity index (χ0) is 29.0. The van der Waals surface area contributed by atoms with Gasteiger partial charge in [-0.1, -0.05) is 52.8 Å². The number of carbonyl (C=O) groups excluding carboxylic acids is 1. The number of carboxylic acids is 1. The molecule has 7 nitrogen and oxygen atoms in total. The maximum atomic E-state index is 12.5. The van der Waals surface area contributed by atoms with E-state index in [0.717, 1.165) is 22.5 Å². The minimum Gasteiger partial charge on any atom is -0.478 e. The van der Waals surface area contributed by atoms with Gasteiger partial charge in [0.15, 0.2) is 0 Å². The molecule has 4 aromatic rings. The van der Waals surface area contributed by atoms with Crippen molar-refractivity contribution in [1.29, 1.82) is 0 Å².